The van der Waals surface area contributed by atoms with Crippen LogP contribution in [0.1, 0.15) is 25.3 Å². The van der Waals surface area contributed by atoms with Gasteiger partial charge in [0, 0.05) is 10.7 Å². The minimum absolute atomic E-state index is 0.230. The van der Waals surface area contributed by atoms with Crippen LogP contribution in [0.4, 0.5) is 11.4 Å². The van der Waals surface area contributed by atoms with Gasteiger partial charge in [-0.2, -0.15) is 5.10 Å². The quantitative estimate of drug-likeness (QED) is 0.128. The highest BCUT2D eigenvalue weighted by Gasteiger charge is 2.13. The average Bonchev–Trinajstić information content (AvgIpc) is 2.91. The third-order valence-electron chi connectivity index (χ3n) is 4.92. The van der Waals surface area contributed by atoms with E-state index in [0.717, 1.165) is 12.8 Å². The standard InChI is InChI=1S/C27H26Cl2N4O5/c1-2-3-14-37-21-11-7-20(8-12-21)31-26(35)27(36)33-30-16-18-4-9-22(10-5-18)38-17-25(34)32-24-13-6-19(28)15-23(24)29/h4-13,15-16H,2-3,14,17H2,1H3,(H,31,35)(H,32,34)(H,33,36)/b30-16-. The lowest BCUT2D eigenvalue weighted by Crippen LogP contribution is -2.32. The zero-order valence-electron chi connectivity index (χ0n) is 20.5. The van der Waals surface area contributed by atoms with E-state index >= 15 is 0 Å². The van der Waals surface area contributed by atoms with E-state index in [1.54, 1.807) is 60.7 Å². The average molecular weight is 557 g/mol. The van der Waals surface area contributed by atoms with Gasteiger partial charge in [-0.25, -0.2) is 5.43 Å². The van der Waals surface area contributed by atoms with Crippen molar-refractivity contribution in [3.8, 4) is 11.5 Å². The second kappa shape index (κ2) is 14.6. The van der Waals surface area contributed by atoms with Crippen LogP contribution in [0, 0.1) is 0 Å². The van der Waals surface area contributed by atoms with Crippen molar-refractivity contribution in [1.29, 1.82) is 0 Å². The van der Waals surface area contributed by atoms with E-state index in [2.05, 4.69) is 28.1 Å². The van der Waals surface area contributed by atoms with Crippen molar-refractivity contribution in [2.75, 3.05) is 23.8 Å². The van der Waals surface area contributed by atoms with E-state index in [4.69, 9.17) is 32.7 Å². The molecule has 0 saturated heterocycles. The summed E-state index contributed by atoms with van der Waals surface area (Å²) in [5.41, 5.74) is 3.69. The lowest BCUT2D eigenvalue weighted by atomic mass is 10.2. The minimum atomic E-state index is -0.920. The highest BCUT2D eigenvalue weighted by Crippen LogP contribution is 2.25. The number of benzene rings is 3. The van der Waals surface area contributed by atoms with E-state index in [-0.39, 0.29) is 6.61 Å². The van der Waals surface area contributed by atoms with Gasteiger partial charge in [-0.05, 0) is 78.7 Å². The van der Waals surface area contributed by atoms with Crippen LogP contribution in [0.2, 0.25) is 10.0 Å². The van der Waals surface area contributed by atoms with Crippen LogP contribution < -0.4 is 25.5 Å². The second-order valence-electron chi connectivity index (χ2n) is 7.91. The fourth-order valence-corrected chi connectivity index (χ4v) is 3.40. The Labute approximate surface area is 230 Å². The van der Waals surface area contributed by atoms with Gasteiger partial charge in [-0.15, -0.1) is 0 Å². The molecule has 0 heterocycles. The monoisotopic (exact) mass is 556 g/mol. The Morgan fingerprint density at radius 2 is 1.55 bits per heavy atom. The van der Waals surface area contributed by atoms with Crippen molar-refractivity contribution in [2.24, 2.45) is 5.10 Å². The zero-order valence-corrected chi connectivity index (χ0v) is 22.0. The lowest BCUT2D eigenvalue weighted by Gasteiger charge is -2.09. The fourth-order valence-electron chi connectivity index (χ4n) is 2.95. The molecule has 0 saturated carbocycles. The largest absolute Gasteiger partial charge is 0.494 e. The summed E-state index contributed by atoms with van der Waals surface area (Å²) in [6, 6.07) is 18.1. The number of carbonyl (C=O) groups is 3. The molecule has 0 bridgehead atoms. The van der Waals surface area contributed by atoms with Crippen LogP contribution in [0.25, 0.3) is 0 Å². The number of hydrazone groups is 1. The first-order valence-electron chi connectivity index (χ1n) is 11.7. The summed E-state index contributed by atoms with van der Waals surface area (Å²) in [5, 5.41) is 9.71. The van der Waals surface area contributed by atoms with Crippen molar-refractivity contribution in [2.45, 2.75) is 19.8 Å². The molecule has 0 spiro atoms. The Hall–Kier alpha value is -4.08. The molecule has 3 amide bonds. The van der Waals surface area contributed by atoms with E-state index in [1.165, 1.54) is 12.3 Å². The summed E-state index contributed by atoms with van der Waals surface area (Å²) in [6.45, 7) is 2.47. The van der Waals surface area contributed by atoms with Gasteiger partial charge in [0.25, 0.3) is 5.91 Å². The van der Waals surface area contributed by atoms with Crippen LogP contribution in [0.15, 0.2) is 71.8 Å². The molecule has 0 radical (unpaired) electrons. The highest BCUT2D eigenvalue weighted by molar-refractivity contribution is 6.39. The number of ether oxygens (including phenoxy) is 2. The number of amides is 3. The van der Waals surface area contributed by atoms with Crippen LogP contribution >= 0.6 is 23.2 Å². The molecular formula is C27H26Cl2N4O5. The Morgan fingerprint density at radius 3 is 2.24 bits per heavy atom. The van der Waals surface area contributed by atoms with Gasteiger partial charge in [0.1, 0.15) is 11.5 Å². The van der Waals surface area contributed by atoms with Gasteiger partial charge < -0.3 is 20.1 Å². The highest BCUT2D eigenvalue weighted by atomic mass is 35.5. The maximum atomic E-state index is 12.1. The summed E-state index contributed by atoms with van der Waals surface area (Å²) in [4.78, 5) is 36.2. The first-order valence-corrected chi connectivity index (χ1v) is 12.4. The van der Waals surface area contributed by atoms with E-state index in [0.29, 0.717) is 45.1 Å². The van der Waals surface area contributed by atoms with Gasteiger partial charge in [0.05, 0.1) is 23.5 Å². The molecule has 3 aromatic carbocycles. The number of carbonyl (C=O) groups excluding carboxylic acids is 3. The number of unbranched alkanes of at least 4 members (excludes halogenated alkanes) is 1. The van der Waals surface area contributed by atoms with Crippen molar-refractivity contribution < 1.29 is 23.9 Å². The van der Waals surface area contributed by atoms with Gasteiger partial charge in [0.2, 0.25) is 0 Å². The molecule has 3 N–H and O–H groups in total. The van der Waals surface area contributed by atoms with E-state index < -0.39 is 17.7 Å². The van der Waals surface area contributed by atoms with Crippen LogP contribution in [-0.2, 0) is 14.4 Å². The van der Waals surface area contributed by atoms with Gasteiger partial charge >= 0.3 is 11.8 Å². The number of hydrogen-bond donors (Lipinski definition) is 3. The van der Waals surface area contributed by atoms with Gasteiger partial charge in [-0.3, -0.25) is 14.4 Å². The Bertz CT molecular complexity index is 1280. The van der Waals surface area contributed by atoms with Crippen LogP contribution in [0.5, 0.6) is 11.5 Å². The number of hydrogen-bond acceptors (Lipinski definition) is 6. The molecule has 0 aliphatic rings. The zero-order chi connectivity index (χ0) is 27.3. The molecule has 3 rings (SSSR count). The number of nitrogens with zero attached hydrogens (tertiary/aromatic N) is 1. The van der Waals surface area contributed by atoms with Crippen molar-refractivity contribution in [3.63, 3.8) is 0 Å². The summed E-state index contributed by atoms with van der Waals surface area (Å²) in [7, 11) is 0. The molecule has 3 aromatic rings. The van der Waals surface area contributed by atoms with Crippen molar-refractivity contribution in [3.05, 3.63) is 82.3 Å². The Kier molecular flexibility index (Phi) is 11.0. The summed E-state index contributed by atoms with van der Waals surface area (Å²) in [5.74, 6) is -1.03. The smallest absolute Gasteiger partial charge is 0.329 e. The number of rotatable bonds is 11. The Balaban J connectivity index is 1.40. The minimum Gasteiger partial charge on any atom is -0.494 e. The van der Waals surface area contributed by atoms with Crippen LogP contribution in [-0.4, -0.2) is 37.1 Å². The van der Waals surface area contributed by atoms with Crippen LogP contribution in [0.3, 0.4) is 0 Å². The number of nitrogens with one attached hydrogen (secondary N) is 3. The van der Waals surface area contributed by atoms with E-state index in [9.17, 15) is 14.4 Å². The molecule has 0 atom stereocenters. The Morgan fingerprint density at radius 1 is 0.868 bits per heavy atom. The number of anilines is 2. The fraction of sp³-hybridized carbons (Fsp3) is 0.185. The molecule has 0 aromatic heterocycles. The van der Waals surface area contributed by atoms with Crippen molar-refractivity contribution >= 4 is 58.5 Å². The molecule has 11 heteroatoms. The maximum absolute atomic E-state index is 12.1. The molecule has 38 heavy (non-hydrogen) atoms. The van der Waals surface area contributed by atoms with E-state index in [1.807, 2.05) is 0 Å². The second-order valence-corrected chi connectivity index (χ2v) is 8.75. The molecule has 9 nitrogen and oxygen atoms in total. The first kappa shape index (κ1) is 28.5. The molecule has 0 fully saturated rings. The van der Waals surface area contributed by atoms with Crippen molar-refractivity contribution in [1.82, 2.24) is 5.43 Å². The molecule has 198 valence electrons. The molecular weight excluding hydrogens is 531 g/mol. The summed E-state index contributed by atoms with van der Waals surface area (Å²) >= 11 is 11.9. The predicted molar refractivity (Wildman–Crippen MR) is 148 cm³/mol. The third-order valence-corrected chi connectivity index (χ3v) is 5.47. The SMILES string of the molecule is CCCCOc1ccc(NC(=O)C(=O)N/N=C\c2ccc(OCC(=O)Nc3ccc(Cl)cc3Cl)cc2)cc1. The topological polar surface area (TPSA) is 118 Å². The number of halogens is 2. The molecule has 0 aliphatic heterocycles. The predicted octanol–water partition coefficient (Wildman–Crippen LogP) is 5.28. The summed E-state index contributed by atoms with van der Waals surface area (Å²) in [6.07, 6.45) is 3.36. The molecule has 0 aliphatic carbocycles. The third kappa shape index (κ3) is 9.42. The lowest BCUT2D eigenvalue weighted by molar-refractivity contribution is -0.136. The maximum Gasteiger partial charge on any atom is 0.329 e. The normalized spacial score (nSPS) is 10.6. The first-order chi connectivity index (χ1) is 18.3. The van der Waals surface area contributed by atoms with Gasteiger partial charge in [0.15, 0.2) is 6.61 Å². The summed E-state index contributed by atoms with van der Waals surface area (Å²) < 4.78 is 11.0. The van der Waals surface area contributed by atoms with Gasteiger partial charge in [-0.1, -0.05) is 36.5 Å². The molecule has 0 unspecified atom stereocenters.